The highest BCUT2D eigenvalue weighted by atomic mass is 19.1. The number of hydrogen-bond acceptors (Lipinski definition) is 3. The van der Waals surface area contributed by atoms with Crippen LogP contribution >= 0.6 is 0 Å². The van der Waals surface area contributed by atoms with Gasteiger partial charge in [0.25, 0.3) is 0 Å². The van der Waals surface area contributed by atoms with Crippen molar-refractivity contribution >= 4 is 0 Å². The van der Waals surface area contributed by atoms with E-state index < -0.39 is 0 Å². The van der Waals surface area contributed by atoms with Gasteiger partial charge in [-0.25, -0.2) is 4.39 Å². The smallest absolute Gasteiger partial charge is 0.131 e. The van der Waals surface area contributed by atoms with Crippen LogP contribution < -0.4 is 10.1 Å². The monoisotopic (exact) mass is 255 g/mol. The molecule has 0 bridgehead atoms. The van der Waals surface area contributed by atoms with Crippen LogP contribution in [0.2, 0.25) is 0 Å². The van der Waals surface area contributed by atoms with Gasteiger partial charge in [0.2, 0.25) is 0 Å². The van der Waals surface area contributed by atoms with Crippen LogP contribution in [0.3, 0.4) is 0 Å². The number of halogens is 1. The molecule has 0 heterocycles. The van der Waals surface area contributed by atoms with Crippen LogP contribution in [0.4, 0.5) is 4.39 Å². The normalized spacial score (nSPS) is 14.3. The number of hydrogen-bond donors (Lipinski definition) is 1. The van der Waals surface area contributed by atoms with E-state index in [1.165, 1.54) is 6.07 Å². The fourth-order valence-corrected chi connectivity index (χ4v) is 1.65. The molecule has 0 saturated carbocycles. The Morgan fingerprint density at radius 1 is 1.33 bits per heavy atom. The van der Waals surface area contributed by atoms with Gasteiger partial charge in [-0.05, 0) is 26.5 Å². The Labute approximate surface area is 108 Å². The Bertz CT molecular complexity index is 371. The molecule has 0 aliphatic rings. The quantitative estimate of drug-likeness (QED) is 0.812. The molecule has 18 heavy (non-hydrogen) atoms. The van der Waals surface area contributed by atoms with Crippen LogP contribution in [0.5, 0.6) is 5.75 Å². The van der Waals surface area contributed by atoms with E-state index in [9.17, 15) is 4.39 Å². The zero-order chi connectivity index (χ0) is 13.5. The molecule has 3 nitrogen and oxygen atoms in total. The average Bonchev–Trinajstić information content (AvgIpc) is 2.36. The number of nitrogens with one attached hydrogen (secondary N) is 1. The predicted molar refractivity (Wildman–Crippen MR) is 70.5 cm³/mol. The SMILES string of the molecule is CCNC(C)c1ccc(OCC(C)OC)cc1F. The first-order chi connectivity index (χ1) is 8.58. The second kappa shape index (κ2) is 7.34. The Morgan fingerprint density at radius 2 is 2.06 bits per heavy atom. The summed E-state index contributed by atoms with van der Waals surface area (Å²) in [6.45, 7) is 7.06. The fourth-order valence-electron chi connectivity index (χ4n) is 1.65. The molecule has 0 aliphatic carbocycles. The highest BCUT2D eigenvalue weighted by Crippen LogP contribution is 2.22. The number of rotatable bonds is 7. The summed E-state index contributed by atoms with van der Waals surface area (Å²) < 4.78 is 24.4. The number of ether oxygens (including phenoxy) is 2. The van der Waals surface area contributed by atoms with E-state index in [4.69, 9.17) is 9.47 Å². The van der Waals surface area contributed by atoms with Crippen molar-refractivity contribution in [2.45, 2.75) is 32.9 Å². The van der Waals surface area contributed by atoms with Crippen LogP contribution in [-0.4, -0.2) is 26.4 Å². The van der Waals surface area contributed by atoms with Crippen molar-refractivity contribution in [3.8, 4) is 5.75 Å². The molecule has 0 fully saturated rings. The summed E-state index contributed by atoms with van der Waals surface area (Å²) >= 11 is 0. The summed E-state index contributed by atoms with van der Waals surface area (Å²) in [5, 5.41) is 3.18. The third-order valence-electron chi connectivity index (χ3n) is 2.84. The minimum atomic E-state index is -0.244. The molecule has 0 aliphatic heterocycles. The van der Waals surface area contributed by atoms with Gasteiger partial charge >= 0.3 is 0 Å². The van der Waals surface area contributed by atoms with Gasteiger partial charge in [-0.15, -0.1) is 0 Å². The van der Waals surface area contributed by atoms with Crippen LogP contribution in [0.25, 0.3) is 0 Å². The van der Waals surface area contributed by atoms with Crippen molar-refractivity contribution in [3.05, 3.63) is 29.6 Å². The minimum Gasteiger partial charge on any atom is -0.491 e. The predicted octanol–water partition coefficient (Wildman–Crippen LogP) is 2.91. The molecule has 1 N–H and O–H groups in total. The molecule has 1 aromatic rings. The van der Waals surface area contributed by atoms with Crippen LogP contribution in [0.15, 0.2) is 18.2 Å². The lowest BCUT2D eigenvalue weighted by molar-refractivity contribution is 0.0715. The average molecular weight is 255 g/mol. The van der Waals surface area contributed by atoms with Gasteiger partial charge in [0.05, 0.1) is 6.10 Å². The van der Waals surface area contributed by atoms with E-state index in [1.54, 1.807) is 19.2 Å². The summed E-state index contributed by atoms with van der Waals surface area (Å²) in [4.78, 5) is 0. The molecule has 1 aromatic carbocycles. The Hall–Kier alpha value is -1.13. The number of benzene rings is 1. The van der Waals surface area contributed by atoms with Gasteiger partial charge in [0.15, 0.2) is 0 Å². The van der Waals surface area contributed by atoms with Crippen molar-refractivity contribution in [3.63, 3.8) is 0 Å². The van der Waals surface area contributed by atoms with Crippen molar-refractivity contribution in [1.82, 2.24) is 5.32 Å². The van der Waals surface area contributed by atoms with Crippen molar-refractivity contribution in [2.75, 3.05) is 20.3 Å². The maximum Gasteiger partial charge on any atom is 0.131 e. The second-order valence-electron chi connectivity index (χ2n) is 4.32. The minimum absolute atomic E-state index is 0.00180. The molecule has 0 saturated heterocycles. The lowest BCUT2D eigenvalue weighted by atomic mass is 10.1. The lowest BCUT2D eigenvalue weighted by Gasteiger charge is -2.15. The molecule has 2 unspecified atom stereocenters. The zero-order valence-electron chi connectivity index (χ0n) is 11.5. The molecular weight excluding hydrogens is 233 g/mol. The van der Waals surface area contributed by atoms with Crippen LogP contribution in [-0.2, 0) is 4.74 Å². The number of methoxy groups -OCH3 is 1. The molecule has 1 rings (SSSR count). The van der Waals surface area contributed by atoms with Gasteiger partial charge in [0.1, 0.15) is 18.2 Å². The molecular formula is C14H22FNO2. The van der Waals surface area contributed by atoms with Crippen LogP contribution in [0, 0.1) is 5.82 Å². The van der Waals surface area contributed by atoms with Crippen molar-refractivity contribution < 1.29 is 13.9 Å². The largest absolute Gasteiger partial charge is 0.491 e. The van der Waals surface area contributed by atoms with Crippen LogP contribution in [0.1, 0.15) is 32.4 Å². The standard InChI is InChI=1S/C14H22FNO2/c1-5-16-11(3)13-7-6-12(8-14(13)15)18-9-10(2)17-4/h6-8,10-11,16H,5,9H2,1-4H3. The Balaban J connectivity index is 2.67. The van der Waals surface area contributed by atoms with Gasteiger partial charge in [-0.2, -0.15) is 0 Å². The molecule has 4 heteroatoms. The van der Waals surface area contributed by atoms with Gasteiger partial charge in [-0.3, -0.25) is 0 Å². The molecule has 0 spiro atoms. The van der Waals surface area contributed by atoms with E-state index in [1.807, 2.05) is 20.8 Å². The maximum atomic E-state index is 13.9. The molecule has 0 amide bonds. The topological polar surface area (TPSA) is 30.5 Å². The summed E-state index contributed by atoms with van der Waals surface area (Å²) in [6.07, 6.45) is -0.00609. The van der Waals surface area contributed by atoms with Gasteiger partial charge in [-0.1, -0.05) is 13.0 Å². The summed E-state index contributed by atoms with van der Waals surface area (Å²) in [6, 6.07) is 4.97. The summed E-state index contributed by atoms with van der Waals surface area (Å²) in [5.74, 6) is 0.287. The van der Waals surface area contributed by atoms with E-state index in [2.05, 4.69) is 5.32 Å². The van der Waals surface area contributed by atoms with E-state index >= 15 is 0 Å². The summed E-state index contributed by atoms with van der Waals surface area (Å²) in [5.41, 5.74) is 0.656. The van der Waals surface area contributed by atoms with E-state index in [-0.39, 0.29) is 18.0 Å². The highest BCUT2D eigenvalue weighted by Gasteiger charge is 2.11. The highest BCUT2D eigenvalue weighted by molar-refractivity contribution is 5.30. The first-order valence-electron chi connectivity index (χ1n) is 6.26. The second-order valence-corrected chi connectivity index (χ2v) is 4.32. The van der Waals surface area contributed by atoms with Gasteiger partial charge < -0.3 is 14.8 Å². The third kappa shape index (κ3) is 4.27. The molecule has 2 atom stereocenters. The maximum absolute atomic E-state index is 13.9. The van der Waals surface area contributed by atoms with Crippen molar-refractivity contribution in [1.29, 1.82) is 0 Å². The zero-order valence-corrected chi connectivity index (χ0v) is 11.5. The van der Waals surface area contributed by atoms with E-state index in [0.29, 0.717) is 17.9 Å². The molecule has 0 aromatic heterocycles. The summed E-state index contributed by atoms with van der Waals surface area (Å²) in [7, 11) is 1.62. The first kappa shape index (κ1) is 14.9. The van der Waals surface area contributed by atoms with Crippen molar-refractivity contribution in [2.24, 2.45) is 0 Å². The lowest BCUT2D eigenvalue weighted by Crippen LogP contribution is -2.19. The van der Waals surface area contributed by atoms with Gasteiger partial charge in [0, 0.05) is 24.8 Å². The Morgan fingerprint density at radius 3 is 2.61 bits per heavy atom. The first-order valence-corrected chi connectivity index (χ1v) is 6.26. The van der Waals surface area contributed by atoms with E-state index in [0.717, 1.165) is 6.54 Å². The third-order valence-corrected chi connectivity index (χ3v) is 2.84. The Kier molecular flexibility index (Phi) is 6.09. The molecule has 102 valence electrons. The fraction of sp³-hybridized carbons (Fsp3) is 0.571. The molecule has 0 radical (unpaired) electrons.